The Morgan fingerprint density at radius 3 is 2.82 bits per heavy atom. The number of aliphatic hydroxyl groups excluding tert-OH is 1. The van der Waals surface area contributed by atoms with Gasteiger partial charge in [-0.15, -0.1) is 0 Å². The molecule has 11 heavy (non-hydrogen) atoms. The van der Waals surface area contributed by atoms with Crippen LogP contribution in [0.15, 0.2) is 0 Å². The molecule has 0 bridgehead atoms. The highest BCUT2D eigenvalue weighted by Crippen LogP contribution is 2.09. The van der Waals surface area contributed by atoms with Gasteiger partial charge in [0.1, 0.15) is 6.54 Å². The van der Waals surface area contributed by atoms with Crippen LogP contribution in [0.1, 0.15) is 39.5 Å². The molecule has 1 N–H and O–H groups in total. The first-order valence-electron chi connectivity index (χ1n) is 4.57. The fraction of sp³-hybridized carbons (Fsp3) is 0.889. The molecule has 1 atom stereocenters. The van der Waals surface area contributed by atoms with Crippen LogP contribution < -0.4 is 0 Å². The molecule has 0 amide bonds. The van der Waals surface area contributed by atoms with E-state index >= 15 is 0 Å². The van der Waals surface area contributed by atoms with Crippen molar-refractivity contribution in [2.45, 2.75) is 45.6 Å². The van der Waals surface area contributed by atoms with Crippen molar-refractivity contribution in [3.8, 4) is 0 Å². The van der Waals surface area contributed by atoms with Crippen molar-refractivity contribution < 1.29 is 9.68 Å². The third kappa shape index (κ3) is 1.95. The second kappa shape index (κ2) is 3.74. The minimum Gasteiger partial charge on any atom is -0.464 e. The predicted molar refractivity (Wildman–Crippen MR) is 46.4 cm³/mol. The molecule has 0 aliphatic carbocycles. The van der Waals surface area contributed by atoms with Gasteiger partial charge in [0.05, 0.1) is 6.42 Å². The topological polar surface area (TPSA) is 23.2 Å². The number of hydrogen-bond acceptors (Lipinski definition) is 0. The van der Waals surface area contributed by atoms with E-state index in [-0.39, 0.29) is 0 Å². The Morgan fingerprint density at radius 2 is 2.36 bits per heavy atom. The average molecular weight is 156 g/mol. The zero-order chi connectivity index (χ0) is 8.27. The van der Waals surface area contributed by atoms with E-state index in [9.17, 15) is 5.11 Å². The smallest absolute Gasteiger partial charge is 0.334 e. The Labute approximate surface area is 68.6 Å². The van der Waals surface area contributed by atoms with E-state index in [1.807, 2.05) is 0 Å². The Balaban J connectivity index is 2.51. The summed E-state index contributed by atoms with van der Waals surface area (Å²) in [6.07, 6.45) is 4.39. The van der Waals surface area contributed by atoms with Crippen molar-refractivity contribution in [3.05, 3.63) is 0 Å². The van der Waals surface area contributed by atoms with Crippen LogP contribution in [0.5, 0.6) is 0 Å². The summed E-state index contributed by atoms with van der Waals surface area (Å²) >= 11 is 0. The zero-order valence-corrected chi connectivity index (χ0v) is 7.51. The fourth-order valence-corrected chi connectivity index (χ4v) is 1.73. The van der Waals surface area contributed by atoms with Crippen LogP contribution in [0, 0.1) is 0 Å². The van der Waals surface area contributed by atoms with Gasteiger partial charge in [-0.05, 0) is 13.3 Å². The molecular weight excluding hydrogens is 138 g/mol. The molecule has 64 valence electrons. The van der Waals surface area contributed by atoms with Crippen molar-refractivity contribution in [2.24, 2.45) is 0 Å². The van der Waals surface area contributed by atoms with E-state index in [0.29, 0.717) is 11.9 Å². The molecule has 1 rings (SSSR count). The molecule has 0 spiro atoms. The molecule has 2 nitrogen and oxygen atoms in total. The molecule has 0 fully saturated rings. The Hall–Kier alpha value is -0.530. The normalized spacial score (nSPS) is 20.9. The second-order valence-electron chi connectivity index (χ2n) is 3.35. The average Bonchev–Trinajstić information content (AvgIpc) is 2.36. The molecule has 0 saturated heterocycles. The molecule has 0 radical (unpaired) electrons. The molecule has 0 unspecified atom stereocenters. The maximum absolute atomic E-state index is 9.43. The Bertz CT molecular complexity index is 163. The van der Waals surface area contributed by atoms with Crippen LogP contribution in [-0.2, 0) is 0 Å². The second-order valence-corrected chi connectivity index (χ2v) is 3.35. The van der Waals surface area contributed by atoms with Crippen LogP contribution in [0.3, 0.4) is 0 Å². The maximum atomic E-state index is 9.43. The lowest BCUT2D eigenvalue weighted by Gasteiger charge is -2.06. The summed E-state index contributed by atoms with van der Waals surface area (Å²) in [5.41, 5.74) is 0. The van der Waals surface area contributed by atoms with Crippen LogP contribution in [0.25, 0.3) is 0 Å². The summed E-state index contributed by atoms with van der Waals surface area (Å²) in [4.78, 5) is 0. The lowest BCUT2D eigenvalue weighted by Crippen LogP contribution is -2.25. The molecule has 0 saturated carbocycles. The van der Waals surface area contributed by atoms with Crippen molar-refractivity contribution in [2.75, 3.05) is 6.54 Å². The van der Waals surface area contributed by atoms with E-state index < -0.39 is 0 Å². The minimum absolute atomic E-state index is 0.530. The van der Waals surface area contributed by atoms with Crippen molar-refractivity contribution >= 4 is 5.90 Å². The van der Waals surface area contributed by atoms with Crippen LogP contribution in [0.2, 0.25) is 0 Å². The standard InChI is InChI=1S/C9H17NO/c1-3-5-8(2)10-7-4-6-9(10)11/h8H,3-7H2,1-2H3/p+1/t8-/m1/s1. The quantitative estimate of drug-likeness (QED) is 0.620. The summed E-state index contributed by atoms with van der Waals surface area (Å²) in [6, 6.07) is 0.530. The SMILES string of the molecule is CCC[C@@H](C)[N+]1=C(O)CCC1. The lowest BCUT2D eigenvalue weighted by molar-refractivity contribution is -0.562. The summed E-state index contributed by atoms with van der Waals surface area (Å²) in [5.74, 6) is 0.603. The first-order valence-corrected chi connectivity index (χ1v) is 4.57. The summed E-state index contributed by atoms with van der Waals surface area (Å²) in [7, 11) is 0. The largest absolute Gasteiger partial charge is 0.464 e. The lowest BCUT2D eigenvalue weighted by atomic mass is 10.2. The maximum Gasteiger partial charge on any atom is 0.334 e. The van der Waals surface area contributed by atoms with E-state index in [0.717, 1.165) is 19.4 Å². The molecule has 1 heterocycles. The third-order valence-electron chi connectivity index (χ3n) is 2.37. The molecule has 1 aliphatic heterocycles. The molecule has 0 aromatic heterocycles. The Kier molecular flexibility index (Phi) is 2.92. The van der Waals surface area contributed by atoms with Gasteiger partial charge in [0.2, 0.25) is 0 Å². The van der Waals surface area contributed by atoms with E-state index in [1.54, 1.807) is 0 Å². The molecule has 1 aliphatic rings. The predicted octanol–water partition coefficient (Wildman–Crippen LogP) is 1.94. The fourth-order valence-electron chi connectivity index (χ4n) is 1.73. The number of rotatable bonds is 3. The summed E-state index contributed by atoms with van der Waals surface area (Å²) in [5, 5.41) is 9.43. The zero-order valence-electron chi connectivity index (χ0n) is 7.51. The van der Waals surface area contributed by atoms with Gasteiger partial charge in [-0.25, -0.2) is 4.58 Å². The highest BCUT2D eigenvalue weighted by atomic mass is 16.3. The molecule has 2 heteroatoms. The van der Waals surface area contributed by atoms with Crippen LogP contribution in [0.4, 0.5) is 0 Å². The number of nitrogens with zero attached hydrogens (tertiary/aromatic N) is 1. The summed E-state index contributed by atoms with van der Waals surface area (Å²) < 4.78 is 2.13. The molecular formula is C9H18NO+. The van der Waals surface area contributed by atoms with Gasteiger partial charge in [-0.2, -0.15) is 0 Å². The van der Waals surface area contributed by atoms with Crippen molar-refractivity contribution in [3.63, 3.8) is 0 Å². The monoisotopic (exact) mass is 156 g/mol. The van der Waals surface area contributed by atoms with Gasteiger partial charge in [-0.3, -0.25) is 0 Å². The van der Waals surface area contributed by atoms with Crippen molar-refractivity contribution in [1.29, 1.82) is 0 Å². The molecule has 0 aromatic rings. The first-order chi connectivity index (χ1) is 5.25. The van der Waals surface area contributed by atoms with E-state index in [2.05, 4.69) is 18.4 Å². The van der Waals surface area contributed by atoms with Gasteiger partial charge >= 0.3 is 5.90 Å². The number of hydrogen-bond donors (Lipinski definition) is 1. The van der Waals surface area contributed by atoms with E-state index in [4.69, 9.17) is 0 Å². The van der Waals surface area contributed by atoms with Gasteiger partial charge < -0.3 is 5.11 Å². The number of aliphatic hydroxyl groups is 1. The first kappa shape index (κ1) is 8.57. The Morgan fingerprint density at radius 1 is 1.64 bits per heavy atom. The van der Waals surface area contributed by atoms with Crippen molar-refractivity contribution in [1.82, 2.24) is 0 Å². The van der Waals surface area contributed by atoms with Gasteiger partial charge in [-0.1, -0.05) is 6.92 Å². The van der Waals surface area contributed by atoms with Gasteiger partial charge in [0.15, 0.2) is 6.04 Å². The van der Waals surface area contributed by atoms with Crippen LogP contribution >= 0.6 is 0 Å². The van der Waals surface area contributed by atoms with Crippen LogP contribution in [-0.4, -0.2) is 28.2 Å². The van der Waals surface area contributed by atoms with Gasteiger partial charge in [0.25, 0.3) is 0 Å². The highest BCUT2D eigenvalue weighted by Gasteiger charge is 2.25. The summed E-state index contributed by atoms with van der Waals surface area (Å²) in [6.45, 7) is 5.42. The van der Waals surface area contributed by atoms with E-state index in [1.165, 1.54) is 12.8 Å². The third-order valence-corrected chi connectivity index (χ3v) is 2.37. The highest BCUT2D eigenvalue weighted by molar-refractivity contribution is 5.69. The van der Waals surface area contributed by atoms with Gasteiger partial charge in [0, 0.05) is 12.8 Å². The minimum atomic E-state index is 0.530. The molecule has 0 aromatic carbocycles.